The molecule has 0 spiro atoms. The van der Waals surface area contributed by atoms with Gasteiger partial charge in [-0.1, -0.05) is 72.4 Å². The summed E-state index contributed by atoms with van der Waals surface area (Å²) in [6.07, 6.45) is 0.631. The second-order valence-corrected chi connectivity index (χ2v) is 9.34. The number of carbonyl (C=O) groups is 1. The topological polar surface area (TPSA) is 96.4 Å². The number of hydrogen-bond donors (Lipinski definition) is 1. The van der Waals surface area contributed by atoms with Crippen LogP contribution in [0.5, 0.6) is 5.75 Å². The van der Waals surface area contributed by atoms with Gasteiger partial charge >= 0.3 is 0 Å². The quantitative estimate of drug-likeness (QED) is 0.334. The van der Waals surface area contributed by atoms with Crippen LogP contribution in [0.4, 0.5) is 0 Å². The Morgan fingerprint density at radius 1 is 1.03 bits per heavy atom. The molecule has 9 heteroatoms. The number of benzene rings is 3. The number of H-pyrrole nitrogens is 1. The number of ether oxygens (including phenoxy) is 1. The van der Waals surface area contributed by atoms with Gasteiger partial charge < -0.3 is 9.72 Å². The molecule has 1 N–H and O–H groups in total. The number of thioether (sulfide) groups is 1. The number of hydrogen-bond acceptors (Lipinski definition) is 7. The largest absolute Gasteiger partial charge is 0.497 e. The maximum absolute atomic E-state index is 13.4. The zero-order chi connectivity index (χ0) is 24.5. The molecule has 3 heterocycles. The van der Waals surface area contributed by atoms with Gasteiger partial charge in [-0.2, -0.15) is 5.10 Å². The second-order valence-electron chi connectivity index (χ2n) is 8.39. The summed E-state index contributed by atoms with van der Waals surface area (Å²) >= 11 is 1.26. The van der Waals surface area contributed by atoms with E-state index < -0.39 is 0 Å². The van der Waals surface area contributed by atoms with Crippen LogP contribution in [0.1, 0.15) is 23.6 Å². The van der Waals surface area contributed by atoms with Gasteiger partial charge in [0.1, 0.15) is 11.3 Å². The minimum absolute atomic E-state index is 0.118. The number of para-hydroxylation sites is 1. The Bertz CT molecular complexity index is 1580. The summed E-state index contributed by atoms with van der Waals surface area (Å²) < 4.78 is 5.30. The summed E-state index contributed by atoms with van der Waals surface area (Å²) in [7, 11) is 1.64. The Balaban J connectivity index is 1.24. The van der Waals surface area contributed by atoms with Crippen LogP contribution < -0.4 is 4.74 Å². The minimum atomic E-state index is -0.200. The van der Waals surface area contributed by atoms with E-state index >= 15 is 0 Å². The molecule has 0 saturated carbocycles. The SMILES string of the molecule is COc1ccc(C2CC(c3ccccc3)=NN2C(=O)CSc2nnc3c(n2)[nH]c2ccccc23)cc1. The molecule has 1 unspecified atom stereocenters. The van der Waals surface area contributed by atoms with Crippen molar-refractivity contribution in [3.63, 3.8) is 0 Å². The second kappa shape index (κ2) is 9.43. The lowest BCUT2D eigenvalue weighted by Gasteiger charge is -2.22. The molecule has 5 aromatic rings. The molecule has 8 nitrogen and oxygen atoms in total. The van der Waals surface area contributed by atoms with Gasteiger partial charge in [0.25, 0.3) is 5.91 Å². The number of nitrogens with one attached hydrogen (secondary N) is 1. The van der Waals surface area contributed by atoms with Crippen molar-refractivity contribution < 1.29 is 9.53 Å². The number of nitrogens with zero attached hydrogens (tertiary/aromatic N) is 5. The third-order valence-corrected chi connectivity index (χ3v) is 7.02. The van der Waals surface area contributed by atoms with E-state index in [9.17, 15) is 4.79 Å². The van der Waals surface area contributed by atoms with E-state index in [1.165, 1.54) is 11.8 Å². The average molecular weight is 495 g/mol. The normalized spacial score (nSPS) is 15.4. The van der Waals surface area contributed by atoms with Gasteiger partial charge in [0.05, 0.1) is 24.6 Å². The number of aromatic amines is 1. The molecule has 2 aromatic heterocycles. The van der Waals surface area contributed by atoms with Crippen molar-refractivity contribution in [2.45, 2.75) is 17.6 Å². The number of amides is 1. The molecule has 36 heavy (non-hydrogen) atoms. The summed E-state index contributed by atoms with van der Waals surface area (Å²) in [6.45, 7) is 0. The van der Waals surface area contributed by atoms with Crippen molar-refractivity contribution in [2.24, 2.45) is 5.10 Å². The van der Waals surface area contributed by atoms with Crippen molar-refractivity contribution in [3.05, 3.63) is 90.0 Å². The highest BCUT2D eigenvalue weighted by molar-refractivity contribution is 7.99. The minimum Gasteiger partial charge on any atom is -0.497 e. The lowest BCUT2D eigenvalue weighted by atomic mass is 9.98. The molecule has 0 radical (unpaired) electrons. The number of rotatable bonds is 6. The Morgan fingerprint density at radius 3 is 2.61 bits per heavy atom. The standard InChI is InChI=1S/C27H22N6O2S/c1-35-19-13-11-18(12-14-19)23-15-22(17-7-3-2-4-8-17)32-33(23)24(34)16-36-27-29-26-25(30-31-27)20-9-5-6-10-21(20)28-26/h2-14,23H,15-16H2,1H3,(H,28,29,31). The van der Waals surface area contributed by atoms with E-state index in [-0.39, 0.29) is 17.7 Å². The summed E-state index contributed by atoms with van der Waals surface area (Å²) in [5, 5.41) is 16.3. The molecular weight excluding hydrogens is 472 g/mol. The molecule has 1 aliphatic rings. The molecule has 0 saturated heterocycles. The molecular formula is C27H22N6O2S. The van der Waals surface area contributed by atoms with E-state index in [0.29, 0.717) is 17.2 Å². The summed E-state index contributed by atoms with van der Waals surface area (Å²) in [5.41, 5.74) is 5.22. The van der Waals surface area contributed by atoms with E-state index in [1.807, 2.05) is 78.9 Å². The Morgan fingerprint density at radius 2 is 1.81 bits per heavy atom. The first-order valence-electron chi connectivity index (χ1n) is 11.5. The van der Waals surface area contributed by atoms with Crippen LogP contribution in [0.2, 0.25) is 0 Å². The van der Waals surface area contributed by atoms with E-state index in [2.05, 4.69) is 20.2 Å². The van der Waals surface area contributed by atoms with Crippen molar-refractivity contribution >= 4 is 45.4 Å². The molecule has 0 aliphatic carbocycles. The first-order valence-corrected chi connectivity index (χ1v) is 12.5. The molecule has 0 fully saturated rings. The number of fused-ring (bicyclic) bond motifs is 3. The van der Waals surface area contributed by atoms with Gasteiger partial charge in [0, 0.05) is 17.3 Å². The highest BCUT2D eigenvalue weighted by Gasteiger charge is 2.33. The molecule has 1 aliphatic heterocycles. The molecule has 0 bridgehead atoms. The Labute approximate surface area is 211 Å². The highest BCUT2D eigenvalue weighted by Crippen LogP contribution is 2.34. The maximum atomic E-state index is 13.4. The summed E-state index contributed by atoms with van der Waals surface area (Å²) in [6, 6.07) is 25.4. The lowest BCUT2D eigenvalue weighted by molar-refractivity contribution is -0.130. The van der Waals surface area contributed by atoms with Crippen molar-refractivity contribution in [2.75, 3.05) is 12.9 Å². The number of aromatic nitrogens is 4. The van der Waals surface area contributed by atoms with Crippen LogP contribution in [0.3, 0.4) is 0 Å². The Hall–Kier alpha value is -4.24. The molecule has 1 amide bonds. The summed E-state index contributed by atoms with van der Waals surface area (Å²) in [4.78, 5) is 21.2. The lowest BCUT2D eigenvalue weighted by Crippen LogP contribution is -2.28. The first-order chi connectivity index (χ1) is 17.7. The third kappa shape index (κ3) is 4.18. The zero-order valence-electron chi connectivity index (χ0n) is 19.5. The number of carbonyl (C=O) groups excluding carboxylic acids is 1. The molecule has 3 aromatic carbocycles. The van der Waals surface area contributed by atoms with Crippen LogP contribution >= 0.6 is 11.8 Å². The van der Waals surface area contributed by atoms with Crippen LogP contribution in [-0.4, -0.2) is 49.7 Å². The average Bonchev–Trinajstić information content (AvgIpc) is 3.54. The van der Waals surface area contributed by atoms with Crippen LogP contribution in [0.15, 0.2) is 89.1 Å². The van der Waals surface area contributed by atoms with Gasteiger partial charge in [0.15, 0.2) is 5.65 Å². The van der Waals surface area contributed by atoms with Gasteiger partial charge in [-0.05, 0) is 29.3 Å². The van der Waals surface area contributed by atoms with Crippen molar-refractivity contribution in [1.29, 1.82) is 0 Å². The van der Waals surface area contributed by atoms with E-state index in [4.69, 9.17) is 9.84 Å². The first kappa shape index (κ1) is 22.2. The van der Waals surface area contributed by atoms with Gasteiger partial charge in [0.2, 0.25) is 5.16 Å². The maximum Gasteiger partial charge on any atom is 0.253 e. The Kier molecular flexibility index (Phi) is 5.82. The fraction of sp³-hybridized carbons (Fsp3) is 0.148. The fourth-order valence-electron chi connectivity index (χ4n) is 4.39. The van der Waals surface area contributed by atoms with Gasteiger partial charge in [-0.3, -0.25) is 4.79 Å². The smallest absolute Gasteiger partial charge is 0.253 e. The van der Waals surface area contributed by atoms with Gasteiger partial charge in [-0.15, -0.1) is 10.2 Å². The van der Waals surface area contributed by atoms with Crippen LogP contribution in [0, 0.1) is 0 Å². The van der Waals surface area contributed by atoms with Crippen molar-refractivity contribution in [3.8, 4) is 5.75 Å². The fourth-order valence-corrected chi connectivity index (χ4v) is 5.03. The predicted octanol–water partition coefficient (Wildman–Crippen LogP) is 4.98. The van der Waals surface area contributed by atoms with Crippen LogP contribution in [-0.2, 0) is 4.79 Å². The number of methoxy groups -OCH3 is 1. The monoisotopic (exact) mass is 494 g/mol. The number of hydrazone groups is 1. The van der Waals surface area contributed by atoms with Crippen LogP contribution in [0.25, 0.3) is 22.1 Å². The summed E-state index contributed by atoms with van der Waals surface area (Å²) in [5.74, 6) is 0.796. The van der Waals surface area contributed by atoms with Gasteiger partial charge in [-0.25, -0.2) is 9.99 Å². The molecule has 178 valence electrons. The predicted molar refractivity (Wildman–Crippen MR) is 140 cm³/mol. The molecule has 6 rings (SSSR count). The zero-order valence-corrected chi connectivity index (χ0v) is 20.3. The van der Waals surface area contributed by atoms with E-state index in [1.54, 1.807) is 12.1 Å². The molecule has 1 atom stereocenters. The third-order valence-electron chi connectivity index (χ3n) is 6.20. The van der Waals surface area contributed by atoms with E-state index in [0.717, 1.165) is 39.0 Å². The van der Waals surface area contributed by atoms with Crippen molar-refractivity contribution in [1.82, 2.24) is 25.2 Å². The highest BCUT2D eigenvalue weighted by atomic mass is 32.2.